The Kier molecular flexibility index (Phi) is 5.78. The Morgan fingerprint density at radius 3 is 2.54 bits per heavy atom. The van der Waals surface area contributed by atoms with Gasteiger partial charge in [0.15, 0.2) is 0 Å². The van der Waals surface area contributed by atoms with E-state index in [4.69, 9.17) is 9.26 Å². The third-order valence-electron chi connectivity index (χ3n) is 5.93. The van der Waals surface area contributed by atoms with Crippen LogP contribution < -0.4 is 15.0 Å². The summed E-state index contributed by atoms with van der Waals surface area (Å²) < 4.78 is 24.7. The van der Waals surface area contributed by atoms with Gasteiger partial charge in [0.05, 0.1) is 24.4 Å². The molecule has 1 atom stereocenters. The van der Waals surface area contributed by atoms with E-state index in [0.717, 1.165) is 11.1 Å². The predicted octanol–water partition coefficient (Wildman–Crippen LogP) is 5.89. The average molecular weight is 471 g/mol. The lowest BCUT2D eigenvalue weighted by Crippen LogP contribution is -2.46. The number of carbonyl (C=O) groups is 1. The molecule has 35 heavy (non-hydrogen) atoms. The summed E-state index contributed by atoms with van der Waals surface area (Å²) in [5.74, 6) is 0.949. The number of ether oxygens (including phenoxy) is 1. The lowest BCUT2D eigenvalue weighted by atomic mass is 9.94. The topological polar surface area (TPSA) is 80.5 Å². The number of allylic oxidation sites excluding steroid dienone is 1. The monoisotopic (exact) mass is 470 g/mol. The van der Waals surface area contributed by atoms with E-state index in [-0.39, 0.29) is 17.7 Å². The van der Waals surface area contributed by atoms with Crippen molar-refractivity contribution in [3.8, 4) is 17.1 Å². The maximum absolute atomic E-state index is 13.6. The molecule has 2 amide bonds. The van der Waals surface area contributed by atoms with Crippen molar-refractivity contribution in [2.75, 3.05) is 12.0 Å². The SMILES string of the molecule is COc1cccc(-c2noc(C3=C(C)N(c4cccc(C)c4)C(=O)NC3c3ccc(F)cc3)n2)c1. The second-order valence-corrected chi connectivity index (χ2v) is 8.26. The summed E-state index contributed by atoms with van der Waals surface area (Å²) in [5, 5.41) is 7.20. The summed E-state index contributed by atoms with van der Waals surface area (Å²) in [4.78, 5) is 19.5. The normalized spacial score (nSPS) is 15.8. The van der Waals surface area contributed by atoms with Crippen LogP contribution in [0.15, 0.2) is 83.0 Å². The summed E-state index contributed by atoms with van der Waals surface area (Å²) in [7, 11) is 1.59. The molecule has 8 heteroatoms. The fourth-order valence-corrected chi connectivity index (χ4v) is 4.22. The third-order valence-corrected chi connectivity index (χ3v) is 5.93. The standard InChI is InChI=1S/C27H23FN4O3/c1-16-6-4-8-21(14-16)32-17(2)23(24(29-27(32)33)18-10-12-20(28)13-11-18)26-30-25(31-35-26)19-7-5-9-22(15-19)34-3/h4-15,24H,1-3H3,(H,29,33). The van der Waals surface area contributed by atoms with Crippen LogP contribution in [0.1, 0.15) is 30.0 Å². The van der Waals surface area contributed by atoms with Gasteiger partial charge in [0.2, 0.25) is 5.82 Å². The van der Waals surface area contributed by atoms with Crippen LogP contribution in [0.2, 0.25) is 0 Å². The van der Waals surface area contributed by atoms with Crippen molar-refractivity contribution in [2.45, 2.75) is 19.9 Å². The summed E-state index contributed by atoms with van der Waals surface area (Å²) in [6.07, 6.45) is 0. The van der Waals surface area contributed by atoms with E-state index in [0.29, 0.717) is 34.1 Å². The van der Waals surface area contributed by atoms with Crippen molar-refractivity contribution in [1.82, 2.24) is 15.5 Å². The van der Waals surface area contributed by atoms with Gasteiger partial charge in [0.1, 0.15) is 11.6 Å². The first kappa shape index (κ1) is 22.3. The number of anilines is 1. The van der Waals surface area contributed by atoms with Crippen LogP contribution in [0, 0.1) is 12.7 Å². The highest BCUT2D eigenvalue weighted by molar-refractivity contribution is 6.01. The zero-order valence-corrected chi connectivity index (χ0v) is 19.4. The fourth-order valence-electron chi connectivity index (χ4n) is 4.22. The highest BCUT2D eigenvalue weighted by Gasteiger charge is 2.36. The Morgan fingerprint density at radius 2 is 1.80 bits per heavy atom. The zero-order valence-electron chi connectivity index (χ0n) is 19.4. The van der Waals surface area contributed by atoms with Gasteiger partial charge in [0, 0.05) is 11.3 Å². The van der Waals surface area contributed by atoms with Gasteiger partial charge in [0.25, 0.3) is 5.89 Å². The summed E-state index contributed by atoms with van der Waals surface area (Å²) >= 11 is 0. The molecule has 1 unspecified atom stereocenters. The Balaban J connectivity index is 1.65. The molecule has 0 bridgehead atoms. The second kappa shape index (κ2) is 9.06. The Morgan fingerprint density at radius 1 is 1.03 bits per heavy atom. The van der Waals surface area contributed by atoms with E-state index < -0.39 is 6.04 Å². The minimum atomic E-state index is -0.609. The van der Waals surface area contributed by atoms with Crippen LogP contribution in [0.5, 0.6) is 5.75 Å². The van der Waals surface area contributed by atoms with Crippen LogP contribution in [-0.4, -0.2) is 23.3 Å². The number of amides is 2. The molecule has 3 aromatic carbocycles. The van der Waals surface area contributed by atoms with Crippen molar-refractivity contribution in [1.29, 1.82) is 0 Å². The Hall–Kier alpha value is -4.46. The van der Waals surface area contributed by atoms with Crippen LogP contribution in [-0.2, 0) is 0 Å². The number of hydrogen-bond donors (Lipinski definition) is 1. The molecule has 1 N–H and O–H groups in total. The van der Waals surface area contributed by atoms with Crippen molar-refractivity contribution in [3.63, 3.8) is 0 Å². The summed E-state index contributed by atoms with van der Waals surface area (Å²) in [6.45, 7) is 3.80. The molecule has 0 radical (unpaired) electrons. The molecule has 2 heterocycles. The van der Waals surface area contributed by atoms with Crippen molar-refractivity contribution in [2.24, 2.45) is 0 Å². The van der Waals surface area contributed by atoms with E-state index in [1.807, 2.05) is 62.4 Å². The molecule has 5 rings (SSSR count). The molecule has 7 nitrogen and oxygen atoms in total. The molecular weight excluding hydrogens is 447 g/mol. The first-order chi connectivity index (χ1) is 16.9. The van der Waals surface area contributed by atoms with Gasteiger partial charge in [-0.25, -0.2) is 9.18 Å². The number of halogens is 1. The number of rotatable bonds is 5. The van der Waals surface area contributed by atoms with Crippen molar-refractivity contribution < 1.29 is 18.4 Å². The molecule has 0 fully saturated rings. The van der Waals surface area contributed by atoms with E-state index in [9.17, 15) is 9.18 Å². The average Bonchev–Trinajstić information content (AvgIpc) is 3.34. The fraction of sp³-hybridized carbons (Fsp3) is 0.148. The highest BCUT2D eigenvalue weighted by atomic mass is 19.1. The zero-order chi connectivity index (χ0) is 24.5. The van der Waals surface area contributed by atoms with Crippen LogP contribution >= 0.6 is 0 Å². The first-order valence-corrected chi connectivity index (χ1v) is 11.1. The third kappa shape index (κ3) is 4.26. The van der Waals surface area contributed by atoms with E-state index in [1.54, 1.807) is 24.1 Å². The van der Waals surface area contributed by atoms with Gasteiger partial charge in [-0.05, 0) is 61.4 Å². The quantitative estimate of drug-likeness (QED) is 0.393. The highest BCUT2D eigenvalue weighted by Crippen LogP contribution is 2.39. The van der Waals surface area contributed by atoms with Gasteiger partial charge >= 0.3 is 6.03 Å². The van der Waals surface area contributed by atoms with E-state index >= 15 is 0 Å². The number of carbonyl (C=O) groups excluding carboxylic acids is 1. The van der Waals surface area contributed by atoms with Gasteiger partial charge in [-0.2, -0.15) is 4.98 Å². The van der Waals surface area contributed by atoms with Gasteiger partial charge in [-0.1, -0.05) is 41.6 Å². The maximum atomic E-state index is 13.6. The molecule has 1 aliphatic heterocycles. The van der Waals surface area contributed by atoms with Gasteiger partial charge in [-0.15, -0.1) is 0 Å². The van der Waals surface area contributed by atoms with Gasteiger partial charge < -0.3 is 14.6 Å². The van der Waals surface area contributed by atoms with E-state index in [2.05, 4.69) is 15.5 Å². The number of nitrogens with zero attached hydrogens (tertiary/aromatic N) is 3. The molecule has 0 aliphatic carbocycles. The van der Waals surface area contributed by atoms with E-state index in [1.165, 1.54) is 12.1 Å². The van der Waals surface area contributed by atoms with Crippen LogP contribution in [0.25, 0.3) is 17.0 Å². The predicted molar refractivity (Wildman–Crippen MR) is 130 cm³/mol. The molecule has 1 aromatic heterocycles. The molecule has 0 saturated heterocycles. The molecule has 176 valence electrons. The smallest absolute Gasteiger partial charge is 0.326 e. The van der Waals surface area contributed by atoms with Crippen LogP contribution in [0.4, 0.5) is 14.9 Å². The second-order valence-electron chi connectivity index (χ2n) is 8.26. The number of nitrogens with one attached hydrogen (secondary N) is 1. The largest absolute Gasteiger partial charge is 0.497 e. The number of aryl methyl sites for hydroxylation is 1. The molecule has 4 aromatic rings. The summed E-state index contributed by atoms with van der Waals surface area (Å²) in [6, 6.07) is 20.1. The Labute approximate surface area is 201 Å². The number of methoxy groups -OCH3 is 1. The van der Waals surface area contributed by atoms with Crippen molar-refractivity contribution >= 4 is 17.3 Å². The Bertz CT molecular complexity index is 1430. The maximum Gasteiger partial charge on any atom is 0.326 e. The van der Waals surface area contributed by atoms with Crippen LogP contribution in [0.3, 0.4) is 0 Å². The molecule has 0 spiro atoms. The first-order valence-electron chi connectivity index (χ1n) is 11.1. The van der Waals surface area contributed by atoms with Gasteiger partial charge in [-0.3, -0.25) is 4.90 Å². The number of benzene rings is 3. The lowest BCUT2D eigenvalue weighted by molar-refractivity contribution is 0.244. The number of hydrogen-bond acceptors (Lipinski definition) is 5. The molecule has 1 aliphatic rings. The minimum absolute atomic E-state index is 0.257. The number of aromatic nitrogens is 2. The minimum Gasteiger partial charge on any atom is -0.497 e. The molecular formula is C27H23FN4O3. The number of urea groups is 1. The lowest BCUT2D eigenvalue weighted by Gasteiger charge is -2.35. The summed E-state index contributed by atoms with van der Waals surface area (Å²) in [5.41, 5.74) is 4.41. The molecule has 0 saturated carbocycles. The van der Waals surface area contributed by atoms with Crippen molar-refractivity contribution in [3.05, 3.63) is 101 Å².